The number of hydrogen-bond acceptors (Lipinski definition) is 4. The minimum atomic E-state index is -3.49. The molecule has 0 saturated heterocycles. The molecule has 0 heterocycles. The van der Waals surface area contributed by atoms with E-state index < -0.39 is 15.3 Å². The first-order valence-electron chi connectivity index (χ1n) is 3.55. The van der Waals surface area contributed by atoms with Crippen molar-refractivity contribution >= 4 is 28.5 Å². The van der Waals surface area contributed by atoms with Crippen LogP contribution in [0.25, 0.3) is 0 Å². The predicted octanol–water partition coefficient (Wildman–Crippen LogP) is 2.18. The van der Waals surface area contributed by atoms with Crippen LogP contribution in [0.2, 0.25) is 0 Å². The summed E-state index contributed by atoms with van der Waals surface area (Å²) < 4.78 is 12.8. The van der Waals surface area contributed by atoms with Crippen LogP contribution in [-0.4, -0.2) is 20.5 Å². The van der Waals surface area contributed by atoms with Crippen molar-refractivity contribution in [3.63, 3.8) is 0 Å². The van der Waals surface area contributed by atoms with E-state index in [1.54, 1.807) is 13.8 Å². The molecule has 13 heavy (non-hydrogen) atoms. The molecule has 0 radical (unpaired) electrons. The van der Waals surface area contributed by atoms with E-state index in [1.807, 2.05) is 0 Å². The van der Waals surface area contributed by atoms with Gasteiger partial charge in [0.15, 0.2) is 0 Å². The second-order valence-corrected chi connectivity index (χ2v) is 4.33. The zero-order valence-electron chi connectivity index (χ0n) is 7.12. The Bertz CT molecular complexity index is 224. The lowest BCUT2D eigenvalue weighted by Gasteiger charge is -2.09. The monoisotopic (exact) mass is 229 g/mol. The molecule has 4 nitrogen and oxygen atoms in total. The van der Waals surface area contributed by atoms with Gasteiger partial charge in [0.05, 0.1) is 4.92 Å². The summed E-state index contributed by atoms with van der Waals surface area (Å²) in [7, 11) is 0. The summed E-state index contributed by atoms with van der Waals surface area (Å²) in [6, 6.07) is 0. The van der Waals surface area contributed by atoms with Gasteiger partial charge in [-0.15, -0.1) is 4.39 Å². The van der Waals surface area contributed by atoms with E-state index in [4.69, 9.17) is 11.6 Å². The summed E-state index contributed by atoms with van der Waals surface area (Å²) in [5, 5.41) is 5.06. The highest BCUT2D eigenvalue weighted by atomic mass is 35.5. The third-order valence-electron chi connectivity index (χ3n) is 1.36. The minimum Gasteiger partial charge on any atom is -0.274 e. The lowest BCUT2D eigenvalue weighted by atomic mass is 10.4. The highest BCUT2D eigenvalue weighted by Gasteiger charge is 2.50. The smallest absolute Gasteiger partial charge is 0.274 e. The van der Waals surface area contributed by atoms with Gasteiger partial charge in [-0.2, -0.15) is 0 Å². The van der Waals surface area contributed by atoms with Crippen LogP contribution >= 0.6 is 23.4 Å². The topological polar surface area (TPSA) is 60.2 Å². The van der Waals surface area contributed by atoms with Crippen molar-refractivity contribution < 1.29 is 14.1 Å². The molecule has 2 atom stereocenters. The molecule has 7 heteroatoms. The number of carbonyl (C=O) groups is 1. The van der Waals surface area contributed by atoms with Crippen LogP contribution in [0.5, 0.6) is 0 Å². The third-order valence-corrected chi connectivity index (χ3v) is 3.00. The van der Waals surface area contributed by atoms with E-state index in [9.17, 15) is 19.3 Å². The molecule has 0 aromatic heterocycles. The highest BCUT2D eigenvalue weighted by Crippen LogP contribution is 2.28. The molecule has 0 aliphatic heterocycles. The van der Waals surface area contributed by atoms with Gasteiger partial charge >= 0.3 is 10.4 Å². The average Bonchev–Trinajstić information content (AvgIpc) is 2.03. The van der Waals surface area contributed by atoms with Gasteiger partial charge in [0, 0.05) is 16.9 Å². The molecular weight excluding hydrogens is 221 g/mol. The molecule has 76 valence electrons. The quantitative estimate of drug-likeness (QED) is 0.321. The average molecular weight is 230 g/mol. The van der Waals surface area contributed by atoms with Gasteiger partial charge in [-0.25, -0.2) is 0 Å². The largest absolute Gasteiger partial charge is 0.507 e. The van der Waals surface area contributed by atoms with Crippen LogP contribution in [0, 0.1) is 10.1 Å². The first-order valence-corrected chi connectivity index (χ1v) is 4.81. The Kier molecular flexibility index (Phi) is 4.63. The van der Waals surface area contributed by atoms with E-state index >= 15 is 0 Å². The molecule has 0 aromatic carbocycles. The molecule has 2 unspecified atom stereocenters. The Morgan fingerprint density at radius 2 is 2.31 bits per heavy atom. The second kappa shape index (κ2) is 4.76. The van der Waals surface area contributed by atoms with E-state index in [1.165, 1.54) is 0 Å². The molecule has 0 fully saturated rings. The standard InChI is InChI=1S/C6H9ClFNO3S/c1-3-4(2)13-5(10)6(7,8)9(11)12/h4H,3H2,1-2H3. The molecule has 0 amide bonds. The van der Waals surface area contributed by atoms with Gasteiger partial charge in [0.1, 0.15) is 0 Å². The number of rotatable bonds is 4. The van der Waals surface area contributed by atoms with Gasteiger partial charge in [0.2, 0.25) is 0 Å². The summed E-state index contributed by atoms with van der Waals surface area (Å²) >= 11 is 5.33. The number of thioether (sulfide) groups is 1. The van der Waals surface area contributed by atoms with Crippen molar-refractivity contribution in [3.05, 3.63) is 10.1 Å². The Hall–Kier alpha value is -0.360. The lowest BCUT2D eigenvalue weighted by molar-refractivity contribution is -0.555. The maximum atomic E-state index is 12.8. The number of halogens is 2. The van der Waals surface area contributed by atoms with Crippen LogP contribution < -0.4 is 0 Å². The van der Waals surface area contributed by atoms with Crippen LogP contribution in [0.4, 0.5) is 4.39 Å². The first kappa shape index (κ1) is 12.6. The number of hydrogen-bond donors (Lipinski definition) is 0. The van der Waals surface area contributed by atoms with E-state index in [0.717, 1.165) is 0 Å². The Morgan fingerprint density at radius 3 is 2.62 bits per heavy atom. The molecule has 0 spiro atoms. The van der Waals surface area contributed by atoms with Crippen molar-refractivity contribution in [3.8, 4) is 0 Å². The van der Waals surface area contributed by atoms with Crippen molar-refractivity contribution in [1.29, 1.82) is 0 Å². The molecular formula is C6H9ClFNO3S. The summed E-state index contributed by atoms with van der Waals surface area (Å²) in [5.74, 6) is 0. The van der Waals surface area contributed by atoms with Crippen molar-refractivity contribution in [2.75, 3.05) is 0 Å². The van der Waals surface area contributed by atoms with Gasteiger partial charge in [-0.3, -0.25) is 14.9 Å². The third kappa shape index (κ3) is 3.48. The molecule has 0 N–H and O–H groups in total. The van der Waals surface area contributed by atoms with Crippen molar-refractivity contribution in [2.45, 2.75) is 30.8 Å². The summed E-state index contributed by atoms with van der Waals surface area (Å²) in [6.07, 6.45) is 0.612. The number of alkyl halides is 2. The summed E-state index contributed by atoms with van der Waals surface area (Å²) in [4.78, 5) is 19.4. The Morgan fingerprint density at radius 1 is 1.85 bits per heavy atom. The first-order chi connectivity index (χ1) is 5.82. The van der Waals surface area contributed by atoms with Crippen LogP contribution in [0.1, 0.15) is 20.3 Å². The second-order valence-electron chi connectivity index (χ2n) is 2.42. The molecule has 0 rings (SSSR count). The van der Waals surface area contributed by atoms with Crippen molar-refractivity contribution in [1.82, 2.24) is 0 Å². The lowest BCUT2D eigenvalue weighted by Crippen LogP contribution is -2.34. The maximum absolute atomic E-state index is 12.8. The van der Waals surface area contributed by atoms with E-state index in [2.05, 4.69) is 0 Å². The van der Waals surface area contributed by atoms with Crippen LogP contribution in [0.15, 0.2) is 0 Å². The fourth-order valence-electron chi connectivity index (χ4n) is 0.411. The molecule has 0 saturated carbocycles. The zero-order valence-corrected chi connectivity index (χ0v) is 8.69. The fraction of sp³-hybridized carbons (Fsp3) is 0.833. The predicted molar refractivity (Wildman–Crippen MR) is 49.0 cm³/mol. The number of nitrogens with zero attached hydrogens (tertiary/aromatic N) is 1. The SMILES string of the molecule is CCC(C)SC(=O)C(F)(Cl)[N+](=O)[O-]. The Balaban J connectivity index is 4.34. The number of carbonyl (C=O) groups excluding carboxylic acids is 1. The maximum Gasteiger partial charge on any atom is 0.507 e. The van der Waals surface area contributed by atoms with Gasteiger partial charge in [-0.1, -0.05) is 25.6 Å². The van der Waals surface area contributed by atoms with Crippen LogP contribution in [-0.2, 0) is 4.79 Å². The molecule has 0 aromatic rings. The normalized spacial score (nSPS) is 17.5. The molecule has 0 aliphatic rings. The van der Waals surface area contributed by atoms with E-state index in [0.29, 0.717) is 18.2 Å². The van der Waals surface area contributed by atoms with Gasteiger partial charge < -0.3 is 0 Å². The van der Waals surface area contributed by atoms with E-state index in [-0.39, 0.29) is 5.25 Å². The minimum absolute atomic E-state index is 0.179. The van der Waals surface area contributed by atoms with Gasteiger partial charge in [-0.05, 0) is 6.42 Å². The highest BCUT2D eigenvalue weighted by molar-refractivity contribution is 8.14. The summed E-state index contributed by atoms with van der Waals surface area (Å²) in [5.41, 5.74) is 0. The van der Waals surface area contributed by atoms with Crippen molar-refractivity contribution in [2.24, 2.45) is 0 Å². The molecule has 0 bridgehead atoms. The zero-order chi connectivity index (χ0) is 10.6. The molecule has 0 aliphatic carbocycles. The van der Waals surface area contributed by atoms with Gasteiger partial charge in [0.25, 0.3) is 0 Å². The summed E-state index contributed by atoms with van der Waals surface area (Å²) in [6.45, 7) is 3.45. The Labute approximate surface area is 84.0 Å². The van der Waals surface area contributed by atoms with Crippen LogP contribution in [0.3, 0.4) is 0 Å². The fourth-order valence-corrected chi connectivity index (χ4v) is 1.29. The number of nitro groups is 1.